The molecule has 0 saturated carbocycles. The van der Waals surface area contributed by atoms with Crippen LogP contribution in [0.5, 0.6) is 0 Å². The van der Waals surface area contributed by atoms with Crippen molar-refractivity contribution in [2.45, 2.75) is 96.6 Å². The Morgan fingerprint density at radius 3 is 1.02 bits per heavy atom. The SMILES string of the molecule is CC(C)(OO)c1ccc(COC(=O)CC(O)(CC(=O)OCc2ccc(C(C)(C)OO)cc2)C(=O)OCc2ccc(C(C)(C)OO)cc2)cc1. The van der Waals surface area contributed by atoms with Crippen molar-refractivity contribution in [3.05, 3.63) is 106 Å². The van der Waals surface area contributed by atoms with Crippen molar-refractivity contribution in [2.24, 2.45) is 0 Å². The molecule has 266 valence electrons. The van der Waals surface area contributed by atoms with E-state index in [-0.39, 0.29) is 19.8 Å². The van der Waals surface area contributed by atoms with E-state index in [0.29, 0.717) is 33.4 Å². The van der Waals surface area contributed by atoms with Gasteiger partial charge in [0.05, 0.1) is 12.8 Å². The third kappa shape index (κ3) is 10.9. The van der Waals surface area contributed by atoms with E-state index in [4.69, 9.17) is 30.0 Å². The average molecular weight is 685 g/mol. The monoisotopic (exact) mass is 684 g/mol. The van der Waals surface area contributed by atoms with E-state index in [1.807, 2.05) is 0 Å². The molecule has 0 atom stereocenters. The molecule has 3 rings (SSSR count). The molecule has 0 saturated heterocycles. The van der Waals surface area contributed by atoms with Crippen LogP contribution in [-0.2, 0) is 79.9 Å². The maximum atomic E-state index is 13.2. The molecule has 13 heteroatoms. The van der Waals surface area contributed by atoms with Crippen molar-refractivity contribution in [1.82, 2.24) is 0 Å². The topological polar surface area (TPSA) is 188 Å². The molecule has 3 aromatic rings. The molecule has 3 aromatic carbocycles. The Labute approximate surface area is 284 Å². The Kier molecular flexibility index (Phi) is 13.2. The summed E-state index contributed by atoms with van der Waals surface area (Å²) in [5.74, 6) is -3.19. The maximum absolute atomic E-state index is 13.2. The number of carbonyl (C=O) groups excluding carboxylic acids is 3. The van der Waals surface area contributed by atoms with Crippen molar-refractivity contribution >= 4 is 17.9 Å². The van der Waals surface area contributed by atoms with Gasteiger partial charge in [0.25, 0.3) is 0 Å². The quantitative estimate of drug-likeness (QED) is 0.0570. The van der Waals surface area contributed by atoms with Gasteiger partial charge in [0, 0.05) is 0 Å². The van der Waals surface area contributed by atoms with Crippen molar-refractivity contribution in [3.8, 4) is 0 Å². The van der Waals surface area contributed by atoms with Crippen molar-refractivity contribution in [3.63, 3.8) is 0 Å². The van der Waals surface area contributed by atoms with Gasteiger partial charge >= 0.3 is 17.9 Å². The zero-order chi connectivity index (χ0) is 36.5. The summed E-state index contributed by atoms with van der Waals surface area (Å²) in [6, 6.07) is 19.9. The van der Waals surface area contributed by atoms with Crippen LogP contribution in [0.1, 0.15) is 87.8 Å². The van der Waals surface area contributed by atoms with E-state index in [1.54, 1.807) is 114 Å². The number of hydrogen-bond acceptors (Lipinski definition) is 13. The molecule has 0 amide bonds. The van der Waals surface area contributed by atoms with Gasteiger partial charge in [-0.2, -0.15) is 0 Å². The summed E-state index contributed by atoms with van der Waals surface area (Å²) in [5, 5.41) is 38.7. The zero-order valence-electron chi connectivity index (χ0n) is 28.4. The van der Waals surface area contributed by atoms with E-state index in [2.05, 4.69) is 14.7 Å². The first-order valence-electron chi connectivity index (χ1n) is 15.4. The number of ether oxygens (including phenoxy) is 3. The summed E-state index contributed by atoms with van der Waals surface area (Å²) in [7, 11) is 0. The molecule has 0 aliphatic carbocycles. The molecule has 13 nitrogen and oxygen atoms in total. The lowest BCUT2D eigenvalue weighted by Gasteiger charge is -2.25. The van der Waals surface area contributed by atoms with Crippen LogP contribution in [0.3, 0.4) is 0 Å². The van der Waals surface area contributed by atoms with Crippen LogP contribution in [0.4, 0.5) is 0 Å². The summed E-state index contributed by atoms with van der Waals surface area (Å²) in [6.07, 6.45) is -1.81. The summed E-state index contributed by atoms with van der Waals surface area (Å²) in [4.78, 5) is 52.5. The number of rotatable bonds is 17. The molecule has 0 aliphatic heterocycles. The Balaban J connectivity index is 1.70. The van der Waals surface area contributed by atoms with Crippen LogP contribution in [0, 0.1) is 0 Å². The highest BCUT2D eigenvalue weighted by atomic mass is 17.1. The molecule has 0 fully saturated rings. The number of esters is 3. The van der Waals surface area contributed by atoms with Gasteiger partial charge in [-0.3, -0.25) is 25.4 Å². The van der Waals surface area contributed by atoms with Gasteiger partial charge in [0.1, 0.15) is 36.6 Å². The molecule has 0 bridgehead atoms. The van der Waals surface area contributed by atoms with E-state index >= 15 is 0 Å². The molecular weight excluding hydrogens is 640 g/mol. The summed E-state index contributed by atoms with van der Waals surface area (Å²) in [5.41, 5.74) is -1.86. The van der Waals surface area contributed by atoms with Gasteiger partial charge in [-0.05, 0) is 74.9 Å². The number of carbonyl (C=O) groups is 3. The molecule has 0 unspecified atom stereocenters. The second kappa shape index (κ2) is 16.5. The van der Waals surface area contributed by atoms with Crippen LogP contribution in [0.2, 0.25) is 0 Å². The highest BCUT2D eigenvalue weighted by molar-refractivity contribution is 5.90. The number of benzene rings is 3. The fourth-order valence-corrected chi connectivity index (χ4v) is 4.56. The molecule has 0 heterocycles. The molecule has 0 radical (unpaired) electrons. The standard InChI is InChI=1S/C36H44O13/c1-33(2,47-41)27-13-7-24(8-14-27)21-44-30(37)19-36(40,32(39)46-23-26-11-17-29(18-12-26)35(5,6)49-43)20-31(38)45-22-25-9-15-28(16-10-25)34(3,4)48-42/h7-18,40-43H,19-23H2,1-6H3. The molecule has 4 N–H and O–H groups in total. The van der Waals surface area contributed by atoms with Gasteiger partial charge in [-0.15, -0.1) is 0 Å². The van der Waals surface area contributed by atoms with Gasteiger partial charge in [0.15, 0.2) is 5.60 Å². The minimum Gasteiger partial charge on any atom is -0.461 e. The third-order valence-electron chi connectivity index (χ3n) is 8.06. The smallest absolute Gasteiger partial charge is 0.339 e. The van der Waals surface area contributed by atoms with Crippen LogP contribution >= 0.6 is 0 Å². The van der Waals surface area contributed by atoms with Crippen molar-refractivity contribution in [2.75, 3.05) is 0 Å². The first kappa shape index (κ1) is 39.2. The molecule has 49 heavy (non-hydrogen) atoms. The lowest BCUT2D eigenvalue weighted by Crippen LogP contribution is -2.44. The van der Waals surface area contributed by atoms with Crippen LogP contribution in [0.15, 0.2) is 72.8 Å². The predicted octanol–water partition coefficient (Wildman–Crippen LogP) is 5.90. The lowest BCUT2D eigenvalue weighted by molar-refractivity contribution is -0.318. The Morgan fingerprint density at radius 1 is 0.490 bits per heavy atom. The Morgan fingerprint density at radius 2 is 0.755 bits per heavy atom. The number of hydrogen-bond donors (Lipinski definition) is 4. The van der Waals surface area contributed by atoms with Gasteiger partial charge in [0.2, 0.25) is 0 Å². The molecular formula is C36H44O13. The molecule has 0 spiro atoms. The molecule has 0 aromatic heterocycles. The fourth-order valence-electron chi connectivity index (χ4n) is 4.56. The third-order valence-corrected chi connectivity index (χ3v) is 8.06. The zero-order valence-corrected chi connectivity index (χ0v) is 28.4. The summed E-state index contributed by atoms with van der Waals surface area (Å²) < 4.78 is 15.9. The van der Waals surface area contributed by atoms with E-state index < -0.39 is 53.2 Å². The van der Waals surface area contributed by atoms with Gasteiger partial charge < -0.3 is 19.3 Å². The largest absolute Gasteiger partial charge is 0.461 e. The van der Waals surface area contributed by atoms with E-state index in [9.17, 15) is 19.5 Å². The fraction of sp³-hybridized carbons (Fsp3) is 0.417. The van der Waals surface area contributed by atoms with E-state index in [0.717, 1.165) is 0 Å². The highest BCUT2D eigenvalue weighted by Crippen LogP contribution is 2.27. The first-order chi connectivity index (χ1) is 22.9. The first-order valence-corrected chi connectivity index (χ1v) is 15.4. The minimum atomic E-state index is -2.63. The second-order valence-electron chi connectivity index (χ2n) is 13.2. The van der Waals surface area contributed by atoms with Crippen molar-refractivity contribution in [1.29, 1.82) is 0 Å². The number of aliphatic hydroxyl groups is 1. The maximum Gasteiger partial charge on any atom is 0.339 e. The van der Waals surface area contributed by atoms with Gasteiger partial charge in [-0.1, -0.05) is 72.8 Å². The Hall–Kier alpha value is -4.21. The summed E-state index contributed by atoms with van der Waals surface area (Å²) >= 11 is 0. The van der Waals surface area contributed by atoms with Crippen molar-refractivity contribution < 1.29 is 64.1 Å². The second-order valence-corrected chi connectivity index (χ2v) is 13.2. The van der Waals surface area contributed by atoms with Gasteiger partial charge in [-0.25, -0.2) is 19.5 Å². The Bertz CT molecular complexity index is 1470. The van der Waals surface area contributed by atoms with Crippen LogP contribution in [-0.4, -0.2) is 44.4 Å². The highest BCUT2D eigenvalue weighted by Gasteiger charge is 2.43. The van der Waals surface area contributed by atoms with Crippen LogP contribution < -0.4 is 0 Å². The van der Waals surface area contributed by atoms with Crippen LogP contribution in [0.25, 0.3) is 0 Å². The molecule has 0 aliphatic rings. The normalized spacial score (nSPS) is 12.4. The predicted molar refractivity (Wildman–Crippen MR) is 173 cm³/mol. The average Bonchev–Trinajstić information content (AvgIpc) is 3.09. The van der Waals surface area contributed by atoms with E-state index in [1.165, 1.54) is 0 Å². The summed E-state index contributed by atoms with van der Waals surface area (Å²) in [6.45, 7) is 9.27. The lowest BCUT2D eigenvalue weighted by atomic mass is 9.95. The minimum absolute atomic E-state index is 0.205.